The monoisotopic (exact) mass is 201 g/mol. The van der Waals surface area contributed by atoms with Crippen LogP contribution in [-0.4, -0.2) is 13.1 Å². The molecular weight excluding hydrogens is 182 g/mol. The summed E-state index contributed by atoms with van der Waals surface area (Å²) in [7, 11) is 0. The van der Waals surface area contributed by atoms with Gasteiger partial charge in [0.2, 0.25) is 0 Å². The van der Waals surface area contributed by atoms with Gasteiger partial charge in [-0.25, -0.2) is 0 Å². The molecule has 2 aliphatic carbocycles. The normalized spacial score (nSPS) is 20.3. The number of anilines is 1. The molecule has 2 aliphatic rings. The molecule has 0 aromatic heterocycles. The number of benzene rings is 1. The average molecular weight is 201 g/mol. The van der Waals surface area contributed by atoms with Crippen molar-refractivity contribution >= 4 is 5.69 Å². The molecule has 0 saturated heterocycles. The van der Waals surface area contributed by atoms with Gasteiger partial charge in [-0.05, 0) is 49.7 Å². The molecule has 3 rings (SSSR count). The Bertz CT molecular complexity index is 297. The van der Waals surface area contributed by atoms with Gasteiger partial charge in [-0.15, -0.1) is 0 Å². The van der Waals surface area contributed by atoms with Crippen LogP contribution in [0.1, 0.15) is 25.7 Å². The van der Waals surface area contributed by atoms with Gasteiger partial charge in [0.1, 0.15) is 0 Å². The molecule has 0 N–H and O–H groups in total. The van der Waals surface area contributed by atoms with Crippen LogP contribution in [0.2, 0.25) is 0 Å². The molecule has 0 bridgehead atoms. The van der Waals surface area contributed by atoms with Crippen molar-refractivity contribution in [1.29, 1.82) is 0 Å². The van der Waals surface area contributed by atoms with Gasteiger partial charge in [0.25, 0.3) is 0 Å². The van der Waals surface area contributed by atoms with Crippen LogP contribution in [-0.2, 0) is 0 Å². The van der Waals surface area contributed by atoms with Gasteiger partial charge in [-0.2, -0.15) is 0 Å². The number of hydrogen-bond donors (Lipinski definition) is 0. The summed E-state index contributed by atoms with van der Waals surface area (Å²) in [4.78, 5) is 2.61. The van der Waals surface area contributed by atoms with E-state index in [0.717, 1.165) is 11.8 Å². The Morgan fingerprint density at radius 2 is 1.40 bits per heavy atom. The van der Waals surface area contributed by atoms with E-state index in [-0.39, 0.29) is 0 Å². The third-order valence-corrected chi connectivity index (χ3v) is 3.47. The molecule has 0 unspecified atom stereocenters. The van der Waals surface area contributed by atoms with Gasteiger partial charge >= 0.3 is 0 Å². The predicted molar refractivity (Wildman–Crippen MR) is 64.1 cm³/mol. The van der Waals surface area contributed by atoms with E-state index in [9.17, 15) is 0 Å². The first-order valence-corrected chi connectivity index (χ1v) is 6.22. The second kappa shape index (κ2) is 3.88. The van der Waals surface area contributed by atoms with Gasteiger partial charge in [-0.3, -0.25) is 0 Å². The fourth-order valence-electron chi connectivity index (χ4n) is 2.15. The van der Waals surface area contributed by atoms with Gasteiger partial charge in [0.05, 0.1) is 0 Å². The van der Waals surface area contributed by atoms with Gasteiger partial charge < -0.3 is 4.90 Å². The number of rotatable bonds is 5. The minimum absolute atomic E-state index is 0.990. The summed E-state index contributed by atoms with van der Waals surface area (Å²) in [6, 6.07) is 10.9. The quantitative estimate of drug-likeness (QED) is 0.706. The molecular formula is C14H19N. The summed E-state index contributed by atoms with van der Waals surface area (Å²) < 4.78 is 0. The zero-order valence-corrected chi connectivity index (χ0v) is 9.23. The Labute approximate surface area is 92.1 Å². The van der Waals surface area contributed by atoms with Crippen molar-refractivity contribution in [2.24, 2.45) is 11.8 Å². The van der Waals surface area contributed by atoms with Crippen LogP contribution in [0, 0.1) is 11.8 Å². The van der Waals surface area contributed by atoms with Crippen LogP contribution < -0.4 is 4.90 Å². The second-order valence-electron chi connectivity index (χ2n) is 5.13. The summed E-state index contributed by atoms with van der Waals surface area (Å²) >= 11 is 0. The van der Waals surface area contributed by atoms with E-state index in [1.807, 2.05) is 0 Å². The molecule has 80 valence electrons. The fraction of sp³-hybridized carbons (Fsp3) is 0.571. The van der Waals surface area contributed by atoms with Crippen LogP contribution in [0.25, 0.3) is 0 Å². The fourth-order valence-corrected chi connectivity index (χ4v) is 2.15. The van der Waals surface area contributed by atoms with Gasteiger partial charge in [0.15, 0.2) is 0 Å². The van der Waals surface area contributed by atoms with Crippen molar-refractivity contribution in [1.82, 2.24) is 0 Å². The SMILES string of the molecule is c1ccc(N(CC2CC2)CC2CC2)cc1. The second-order valence-corrected chi connectivity index (χ2v) is 5.13. The summed E-state index contributed by atoms with van der Waals surface area (Å²) in [5.74, 6) is 1.98. The standard InChI is InChI=1S/C14H19N/c1-2-4-14(5-3-1)15(10-12-6-7-12)11-13-8-9-13/h1-5,12-13H,6-11H2. The number of para-hydroxylation sites is 1. The molecule has 1 aromatic rings. The highest BCUT2D eigenvalue weighted by molar-refractivity contribution is 5.46. The lowest BCUT2D eigenvalue weighted by Crippen LogP contribution is -2.27. The lowest BCUT2D eigenvalue weighted by Gasteiger charge is -2.24. The Balaban J connectivity index is 1.69. The maximum atomic E-state index is 2.61. The molecule has 0 atom stereocenters. The molecule has 2 saturated carbocycles. The van der Waals surface area contributed by atoms with Crippen LogP contribution in [0.3, 0.4) is 0 Å². The maximum Gasteiger partial charge on any atom is 0.0366 e. The lowest BCUT2D eigenvalue weighted by molar-refractivity contribution is 0.679. The highest BCUT2D eigenvalue weighted by Gasteiger charge is 2.29. The zero-order valence-electron chi connectivity index (χ0n) is 9.23. The van der Waals surface area contributed by atoms with Crippen molar-refractivity contribution in [2.75, 3.05) is 18.0 Å². The highest BCUT2D eigenvalue weighted by atomic mass is 15.1. The Kier molecular flexibility index (Phi) is 2.40. The molecule has 15 heavy (non-hydrogen) atoms. The van der Waals surface area contributed by atoms with Gasteiger partial charge in [-0.1, -0.05) is 18.2 Å². The molecule has 0 spiro atoms. The van der Waals surface area contributed by atoms with E-state index in [2.05, 4.69) is 35.2 Å². The summed E-state index contributed by atoms with van der Waals surface area (Å²) in [6.07, 6.45) is 5.81. The first kappa shape index (κ1) is 9.26. The average Bonchev–Trinajstić information content (AvgIpc) is 3.13. The zero-order chi connectivity index (χ0) is 10.1. The van der Waals surface area contributed by atoms with E-state index in [0.29, 0.717) is 0 Å². The third kappa shape index (κ3) is 2.53. The smallest absolute Gasteiger partial charge is 0.0366 e. The van der Waals surface area contributed by atoms with E-state index < -0.39 is 0 Å². The Morgan fingerprint density at radius 1 is 0.867 bits per heavy atom. The minimum Gasteiger partial charge on any atom is -0.371 e. The topological polar surface area (TPSA) is 3.24 Å². The molecule has 1 aromatic carbocycles. The minimum atomic E-state index is 0.990. The summed E-state index contributed by atoms with van der Waals surface area (Å²) in [5, 5.41) is 0. The van der Waals surface area contributed by atoms with Crippen molar-refractivity contribution in [3.8, 4) is 0 Å². The van der Waals surface area contributed by atoms with Crippen molar-refractivity contribution in [2.45, 2.75) is 25.7 Å². The first-order chi connectivity index (χ1) is 7.42. The number of nitrogens with zero attached hydrogens (tertiary/aromatic N) is 1. The van der Waals surface area contributed by atoms with Crippen LogP contribution in [0.5, 0.6) is 0 Å². The largest absolute Gasteiger partial charge is 0.371 e. The summed E-state index contributed by atoms with van der Waals surface area (Å²) in [6.45, 7) is 2.58. The lowest BCUT2D eigenvalue weighted by atomic mass is 10.2. The molecule has 1 heteroatoms. The van der Waals surface area contributed by atoms with Crippen LogP contribution in [0.4, 0.5) is 5.69 Å². The van der Waals surface area contributed by atoms with E-state index in [1.54, 1.807) is 0 Å². The molecule has 0 heterocycles. The van der Waals surface area contributed by atoms with Crippen LogP contribution in [0.15, 0.2) is 30.3 Å². The molecule has 1 nitrogen and oxygen atoms in total. The predicted octanol–water partition coefficient (Wildman–Crippen LogP) is 3.31. The maximum absolute atomic E-state index is 2.61. The third-order valence-electron chi connectivity index (χ3n) is 3.47. The number of hydrogen-bond acceptors (Lipinski definition) is 1. The molecule has 0 aliphatic heterocycles. The van der Waals surface area contributed by atoms with Crippen molar-refractivity contribution in [3.05, 3.63) is 30.3 Å². The Hall–Kier alpha value is -0.980. The Morgan fingerprint density at radius 3 is 1.87 bits per heavy atom. The summed E-state index contributed by atoms with van der Waals surface area (Å²) in [5.41, 5.74) is 1.43. The highest BCUT2D eigenvalue weighted by Crippen LogP contribution is 2.35. The van der Waals surface area contributed by atoms with E-state index in [4.69, 9.17) is 0 Å². The van der Waals surface area contributed by atoms with Gasteiger partial charge in [0, 0.05) is 18.8 Å². The molecule has 2 fully saturated rings. The van der Waals surface area contributed by atoms with Crippen molar-refractivity contribution < 1.29 is 0 Å². The van der Waals surface area contributed by atoms with E-state index in [1.165, 1.54) is 44.5 Å². The van der Waals surface area contributed by atoms with E-state index >= 15 is 0 Å². The molecule has 0 amide bonds. The van der Waals surface area contributed by atoms with Crippen molar-refractivity contribution in [3.63, 3.8) is 0 Å². The first-order valence-electron chi connectivity index (χ1n) is 6.22. The molecule has 0 radical (unpaired) electrons. The van der Waals surface area contributed by atoms with Crippen LogP contribution >= 0.6 is 0 Å².